The van der Waals surface area contributed by atoms with E-state index in [0.29, 0.717) is 6.61 Å². The van der Waals surface area contributed by atoms with Gasteiger partial charge in [0.1, 0.15) is 0 Å². The Balaban J connectivity index is 2.82. The first-order chi connectivity index (χ1) is 8.26. The summed E-state index contributed by atoms with van der Waals surface area (Å²) in [6, 6.07) is 4.33. The van der Waals surface area contributed by atoms with E-state index in [1.54, 1.807) is 0 Å². The van der Waals surface area contributed by atoms with Crippen molar-refractivity contribution < 1.29 is 4.74 Å². The highest BCUT2D eigenvalue weighted by Gasteiger charge is 2.19. The van der Waals surface area contributed by atoms with E-state index in [-0.39, 0.29) is 11.6 Å². The largest absolute Gasteiger partial charge is 0.374 e. The molecule has 1 unspecified atom stereocenters. The van der Waals surface area contributed by atoms with Crippen molar-refractivity contribution in [1.29, 1.82) is 0 Å². The lowest BCUT2D eigenvalue weighted by Crippen LogP contribution is -2.29. The number of benzene rings is 1. The van der Waals surface area contributed by atoms with Gasteiger partial charge in [-0.25, -0.2) is 0 Å². The molecular weight excluding hydrogens is 222 g/mol. The summed E-state index contributed by atoms with van der Waals surface area (Å²) in [7, 11) is 0. The average Bonchev–Trinajstić information content (AvgIpc) is 2.25. The molecule has 1 rings (SSSR count). The molecule has 102 valence electrons. The second-order valence-electron chi connectivity index (χ2n) is 5.84. The third-order valence-electron chi connectivity index (χ3n) is 3.61. The minimum Gasteiger partial charge on any atom is -0.374 e. The Labute approximate surface area is 112 Å². The van der Waals surface area contributed by atoms with Crippen LogP contribution in [-0.4, -0.2) is 12.2 Å². The van der Waals surface area contributed by atoms with Crippen molar-refractivity contribution in [3.63, 3.8) is 0 Å². The van der Waals surface area contributed by atoms with Crippen molar-refractivity contribution >= 4 is 0 Å². The van der Waals surface area contributed by atoms with Crippen LogP contribution in [0.3, 0.4) is 0 Å². The Kier molecular flexibility index (Phi) is 4.94. The van der Waals surface area contributed by atoms with E-state index in [2.05, 4.69) is 53.7 Å². The fourth-order valence-corrected chi connectivity index (χ4v) is 2.28. The number of ether oxygens (including phenoxy) is 1. The molecule has 2 N–H and O–H groups in total. The van der Waals surface area contributed by atoms with Crippen LogP contribution < -0.4 is 5.73 Å². The normalized spacial score (nSPS) is 13.7. The maximum atomic E-state index is 6.28. The van der Waals surface area contributed by atoms with E-state index >= 15 is 0 Å². The molecule has 1 atom stereocenters. The quantitative estimate of drug-likeness (QED) is 0.861. The van der Waals surface area contributed by atoms with E-state index in [0.717, 1.165) is 6.42 Å². The minimum absolute atomic E-state index is 0.0450. The maximum Gasteiger partial charge on any atom is 0.0666 e. The molecule has 0 heterocycles. The fraction of sp³-hybridized carbons (Fsp3) is 0.625. The fourth-order valence-electron chi connectivity index (χ4n) is 2.28. The summed E-state index contributed by atoms with van der Waals surface area (Å²) >= 11 is 0. The molecule has 0 fully saturated rings. The zero-order chi connectivity index (χ0) is 13.9. The predicted molar refractivity (Wildman–Crippen MR) is 77.9 cm³/mol. The number of nitrogens with two attached hydrogens (primary N) is 1. The molecule has 0 amide bonds. The molecule has 0 spiro atoms. The molecule has 2 heteroatoms. The molecule has 0 saturated carbocycles. The lowest BCUT2D eigenvalue weighted by atomic mass is 9.94. The summed E-state index contributed by atoms with van der Waals surface area (Å²) in [5.74, 6) is 0. The van der Waals surface area contributed by atoms with Crippen LogP contribution in [0.4, 0.5) is 0 Å². The van der Waals surface area contributed by atoms with Crippen LogP contribution in [0.5, 0.6) is 0 Å². The number of rotatable bonds is 5. The molecule has 0 aliphatic carbocycles. The van der Waals surface area contributed by atoms with Gasteiger partial charge in [0.15, 0.2) is 0 Å². The molecule has 0 bridgehead atoms. The van der Waals surface area contributed by atoms with E-state index in [1.807, 2.05) is 0 Å². The topological polar surface area (TPSA) is 35.2 Å². The monoisotopic (exact) mass is 249 g/mol. The van der Waals surface area contributed by atoms with Crippen molar-refractivity contribution in [3.05, 3.63) is 34.4 Å². The first kappa shape index (κ1) is 15.2. The van der Waals surface area contributed by atoms with Gasteiger partial charge in [0.2, 0.25) is 0 Å². The first-order valence-electron chi connectivity index (χ1n) is 6.74. The van der Waals surface area contributed by atoms with Gasteiger partial charge in [-0.3, -0.25) is 0 Å². The maximum absolute atomic E-state index is 6.28. The second-order valence-corrected chi connectivity index (χ2v) is 5.84. The van der Waals surface area contributed by atoms with E-state index in [9.17, 15) is 0 Å². The third kappa shape index (κ3) is 3.82. The van der Waals surface area contributed by atoms with Crippen LogP contribution in [0, 0.1) is 20.8 Å². The van der Waals surface area contributed by atoms with Gasteiger partial charge in [-0.2, -0.15) is 0 Å². The van der Waals surface area contributed by atoms with E-state index in [1.165, 1.54) is 22.3 Å². The molecule has 2 nitrogen and oxygen atoms in total. The summed E-state index contributed by atoms with van der Waals surface area (Å²) in [6.07, 6.45) is 0.992. The van der Waals surface area contributed by atoms with Crippen molar-refractivity contribution in [2.75, 3.05) is 6.61 Å². The summed E-state index contributed by atoms with van der Waals surface area (Å²) in [4.78, 5) is 0. The molecular formula is C16H27NO. The van der Waals surface area contributed by atoms with Crippen molar-refractivity contribution in [1.82, 2.24) is 0 Å². The lowest BCUT2D eigenvalue weighted by Gasteiger charge is -2.27. The zero-order valence-electron chi connectivity index (χ0n) is 12.6. The third-order valence-corrected chi connectivity index (χ3v) is 3.61. The summed E-state index contributed by atoms with van der Waals surface area (Å²) in [6.45, 7) is 13.3. The molecule has 0 aliphatic heterocycles. The smallest absolute Gasteiger partial charge is 0.0666 e. The van der Waals surface area contributed by atoms with Crippen molar-refractivity contribution in [2.24, 2.45) is 5.73 Å². The van der Waals surface area contributed by atoms with Gasteiger partial charge in [-0.15, -0.1) is 0 Å². The molecule has 1 aromatic carbocycles. The Morgan fingerprint density at radius 3 is 2.11 bits per heavy atom. The molecule has 18 heavy (non-hydrogen) atoms. The van der Waals surface area contributed by atoms with Crippen LogP contribution in [0.25, 0.3) is 0 Å². The first-order valence-corrected chi connectivity index (χ1v) is 6.74. The highest BCUT2D eigenvalue weighted by atomic mass is 16.5. The van der Waals surface area contributed by atoms with Crippen molar-refractivity contribution in [3.8, 4) is 0 Å². The van der Waals surface area contributed by atoms with Gasteiger partial charge >= 0.3 is 0 Å². The summed E-state index contributed by atoms with van der Waals surface area (Å²) in [5.41, 5.74) is 11.2. The highest BCUT2D eigenvalue weighted by Crippen LogP contribution is 2.24. The molecule has 0 saturated heterocycles. The van der Waals surface area contributed by atoms with Crippen LogP contribution in [-0.2, 0) is 4.74 Å². The molecule has 0 aromatic heterocycles. The van der Waals surface area contributed by atoms with Crippen LogP contribution in [0.15, 0.2) is 12.1 Å². The van der Waals surface area contributed by atoms with Crippen LogP contribution >= 0.6 is 0 Å². The molecule has 0 aliphatic rings. The van der Waals surface area contributed by atoms with Gasteiger partial charge in [0.05, 0.1) is 18.2 Å². The van der Waals surface area contributed by atoms with Gasteiger partial charge in [-0.1, -0.05) is 24.6 Å². The predicted octanol–water partition coefficient (Wildman–Crippen LogP) is 3.82. The van der Waals surface area contributed by atoms with Crippen LogP contribution in [0.2, 0.25) is 0 Å². The number of aryl methyl sites for hydroxylation is 3. The Morgan fingerprint density at radius 1 is 1.17 bits per heavy atom. The summed E-state index contributed by atoms with van der Waals surface area (Å²) < 4.78 is 5.91. The number of hydrogen-bond acceptors (Lipinski definition) is 2. The van der Waals surface area contributed by atoms with E-state index in [4.69, 9.17) is 10.5 Å². The van der Waals surface area contributed by atoms with Gasteiger partial charge < -0.3 is 10.5 Å². The Bertz CT molecular complexity index is 387. The Morgan fingerprint density at radius 2 is 1.67 bits per heavy atom. The van der Waals surface area contributed by atoms with E-state index < -0.39 is 0 Å². The van der Waals surface area contributed by atoms with Crippen molar-refractivity contribution in [2.45, 2.75) is 59.6 Å². The molecule has 1 aromatic rings. The second kappa shape index (κ2) is 5.85. The molecule has 0 radical (unpaired) electrons. The van der Waals surface area contributed by atoms with Gasteiger partial charge in [0.25, 0.3) is 0 Å². The van der Waals surface area contributed by atoms with Gasteiger partial charge in [0, 0.05) is 0 Å². The zero-order valence-corrected chi connectivity index (χ0v) is 12.6. The van der Waals surface area contributed by atoms with Crippen LogP contribution in [0.1, 0.15) is 55.5 Å². The highest BCUT2D eigenvalue weighted by molar-refractivity contribution is 5.39. The van der Waals surface area contributed by atoms with Gasteiger partial charge in [-0.05, 0) is 57.7 Å². The number of hydrogen-bond donors (Lipinski definition) is 1. The summed E-state index contributed by atoms with van der Waals surface area (Å²) in [5, 5.41) is 0. The SMILES string of the molecule is CCC(C)(C)OCC(N)c1c(C)cc(C)cc1C. The standard InChI is InChI=1S/C16H27NO/c1-7-16(5,6)18-10-14(17)15-12(3)8-11(2)9-13(15)4/h8-9,14H,7,10,17H2,1-6H3. The lowest BCUT2D eigenvalue weighted by molar-refractivity contribution is -0.0268. The average molecular weight is 249 g/mol. The Hall–Kier alpha value is -0.860. The minimum atomic E-state index is -0.0931.